The van der Waals surface area contributed by atoms with Crippen molar-refractivity contribution in [3.63, 3.8) is 0 Å². The van der Waals surface area contributed by atoms with Crippen LogP contribution >= 0.6 is 0 Å². The molecule has 17 heavy (non-hydrogen) atoms. The zero-order valence-corrected chi connectivity index (χ0v) is 11.8. The molecule has 0 saturated heterocycles. The van der Waals surface area contributed by atoms with Crippen LogP contribution in [0.25, 0.3) is 0 Å². The van der Waals surface area contributed by atoms with E-state index in [1.807, 2.05) is 20.2 Å². The summed E-state index contributed by atoms with van der Waals surface area (Å²) in [5.74, 6) is 1.08. The first kappa shape index (κ1) is 12.2. The van der Waals surface area contributed by atoms with Crippen molar-refractivity contribution in [2.24, 2.45) is 5.10 Å². The standard InChI is InChI=1S/C14H23N3/c1-7-16-17-11(15-6)8-10-12(17)14(4,5)9-13(10,2)3/h7-8,15H,9H2,1-6H3/b16-7-. The Kier molecular flexibility index (Phi) is 2.60. The topological polar surface area (TPSA) is 29.3 Å². The summed E-state index contributed by atoms with van der Waals surface area (Å²) < 4.78 is 2.06. The molecule has 0 fully saturated rings. The summed E-state index contributed by atoms with van der Waals surface area (Å²) >= 11 is 0. The van der Waals surface area contributed by atoms with Crippen molar-refractivity contribution in [1.82, 2.24) is 4.68 Å². The van der Waals surface area contributed by atoms with E-state index < -0.39 is 0 Å². The van der Waals surface area contributed by atoms with Crippen LogP contribution in [0.1, 0.15) is 52.3 Å². The van der Waals surface area contributed by atoms with Crippen LogP contribution < -0.4 is 5.32 Å². The number of hydrogen-bond donors (Lipinski definition) is 1. The minimum atomic E-state index is 0.181. The van der Waals surface area contributed by atoms with Crippen molar-refractivity contribution < 1.29 is 0 Å². The van der Waals surface area contributed by atoms with Gasteiger partial charge in [0.1, 0.15) is 5.82 Å². The third-order valence-corrected chi connectivity index (χ3v) is 3.72. The minimum Gasteiger partial charge on any atom is -0.373 e. The molecule has 1 N–H and O–H groups in total. The summed E-state index contributed by atoms with van der Waals surface area (Å²) in [5, 5.41) is 7.73. The first-order valence-corrected chi connectivity index (χ1v) is 6.27. The van der Waals surface area contributed by atoms with Gasteiger partial charge in [0, 0.05) is 18.7 Å². The average Bonchev–Trinajstić information content (AvgIpc) is 2.64. The maximum absolute atomic E-state index is 4.50. The predicted octanol–water partition coefficient (Wildman–Crippen LogP) is 3.34. The second-order valence-electron chi connectivity index (χ2n) is 6.17. The lowest BCUT2D eigenvalue weighted by Crippen LogP contribution is -2.21. The quantitative estimate of drug-likeness (QED) is 0.780. The van der Waals surface area contributed by atoms with E-state index in [0.717, 1.165) is 5.82 Å². The van der Waals surface area contributed by atoms with Gasteiger partial charge in [-0.15, -0.1) is 0 Å². The lowest BCUT2D eigenvalue weighted by atomic mass is 9.82. The molecule has 2 rings (SSSR count). The van der Waals surface area contributed by atoms with Crippen LogP contribution in [0.4, 0.5) is 5.82 Å². The normalized spacial score (nSPS) is 20.8. The summed E-state index contributed by atoms with van der Waals surface area (Å²) in [4.78, 5) is 0. The van der Waals surface area contributed by atoms with Gasteiger partial charge in [0.15, 0.2) is 0 Å². The lowest BCUT2D eigenvalue weighted by Gasteiger charge is -2.24. The third kappa shape index (κ3) is 1.68. The van der Waals surface area contributed by atoms with Crippen molar-refractivity contribution in [1.29, 1.82) is 0 Å². The van der Waals surface area contributed by atoms with E-state index in [9.17, 15) is 0 Å². The summed E-state index contributed by atoms with van der Waals surface area (Å²) in [7, 11) is 1.95. The van der Waals surface area contributed by atoms with Crippen LogP contribution in [0.15, 0.2) is 11.2 Å². The predicted molar refractivity (Wildman–Crippen MR) is 74.2 cm³/mol. The number of rotatable bonds is 2. The molecule has 0 bridgehead atoms. The molecule has 0 aliphatic heterocycles. The zero-order chi connectivity index (χ0) is 12.8. The summed E-state index contributed by atoms with van der Waals surface area (Å²) in [6.07, 6.45) is 3.02. The van der Waals surface area contributed by atoms with E-state index >= 15 is 0 Å². The van der Waals surface area contributed by atoms with E-state index in [4.69, 9.17) is 0 Å². The molecule has 0 unspecified atom stereocenters. The minimum absolute atomic E-state index is 0.181. The highest BCUT2D eigenvalue weighted by atomic mass is 15.4. The van der Waals surface area contributed by atoms with Crippen LogP contribution in [-0.2, 0) is 10.8 Å². The Morgan fingerprint density at radius 1 is 1.29 bits per heavy atom. The number of nitrogens with zero attached hydrogens (tertiary/aromatic N) is 2. The van der Waals surface area contributed by atoms with Gasteiger partial charge in [0.05, 0.1) is 5.69 Å². The van der Waals surface area contributed by atoms with Gasteiger partial charge in [-0.3, -0.25) is 0 Å². The molecular formula is C14H23N3. The van der Waals surface area contributed by atoms with Crippen molar-refractivity contribution in [3.05, 3.63) is 17.3 Å². The van der Waals surface area contributed by atoms with Crippen LogP contribution in [0.2, 0.25) is 0 Å². The maximum atomic E-state index is 4.50. The number of fused-ring (bicyclic) bond motifs is 1. The highest BCUT2D eigenvalue weighted by Crippen LogP contribution is 2.51. The van der Waals surface area contributed by atoms with E-state index in [1.54, 1.807) is 0 Å². The molecular weight excluding hydrogens is 210 g/mol. The monoisotopic (exact) mass is 233 g/mol. The second-order valence-corrected chi connectivity index (χ2v) is 6.17. The van der Waals surface area contributed by atoms with E-state index in [1.165, 1.54) is 17.7 Å². The second kappa shape index (κ2) is 3.62. The molecule has 0 radical (unpaired) electrons. The van der Waals surface area contributed by atoms with E-state index in [2.05, 4.69) is 48.9 Å². The Morgan fingerprint density at radius 2 is 1.94 bits per heavy atom. The smallest absolute Gasteiger partial charge is 0.127 e. The van der Waals surface area contributed by atoms with Gasteiger partial charge < -0.3 is 5.32 Å². The molecule has 1 aromatic heterocycles. The van der Waals surface area contributed by atoms with Crippen LogP contribution in [0, 0.1) is 0 Å². The van der Waals surface area contributed by atoms with Gasteiger partial charge in [-0.1, -0.05) is 27.7 Å². The Balaban J connectivity index is 2.71. The molecule has 0 saturated carbocycles. The number of aromatic nitrogens is 1. The fraction of sp³-hybridized carbons (Fsp3) is 0.643. The summed E-state index contributed by atoms with van der Waals surface area (Å²) in [6.45, 7) is 11.2. The molecule has 0 spiro atoms. The Bertz CT molecular complexity index is 464. The summed E-state index contributed by atoms with van der Waals surface area (Å²) in [5.41, 5.74) is 3.20. The first-order chi connectivity index (χ1) is 7.83. The van der Waals surface area contributed by atoms with Gasteiger partial charge in [-0.2, -0.15) is 5.10 Å². The zero-order valence-electron chi connectivity index (χ0n) is 11.8. The van der Waals surface area contributed by atoms with Crippen LogP contribution in [-0.4, -0.2) is 17.9 Å². The maximum Gasteiger partial charge on any atom is 0.127 e. The molecule has 0 amide bonds. The fourth-order valence-corrected chi connectivity index (χ4v) is 3.37. The number of nitrogens with one attached hydrogen (secondary N) is 1. The Labute approximate surface area is 104 Å². The van der Waals surface area contributed by atoms with Crippen LogP contribution in [0.3, 0.4) is 0 Å². The SMILES string of the molecule is C/C=N\n1c(NC)cc2c1C(C)(C)CC2(C)C. The molecule has 3 nitrogen and oxygen atoms in total. The molecule has 1 heterocycles. The van der Waals surface area contributed by atoms with Crippen molar-refractivity contribution in [2.75, 3.05) is 12.4 Å². The van der Waals surface area contributed by atoms with Crippen LogP contribution in [0.5, 0.6) is 0 Å². The van der Waals surface area contributed by atoms with Gasteiger partial charge in [0.25, 0.3) is 0 Å². The molecule has 94 valence electrons. The van der Waals surface area contributed by atoms with Gasteiger partial charge >= 0.3 is 0 Å². The molecule has 1 aliphatic rings. The Hall–Kier alpha value is -1.25. The molecule has 3 heteroatoms. The van der Waals surface area contributed by atoms with Crippen molar-refractivity contribution in [2.45, 2.75) is 51.9 Å². The number of hydrogen-bond acceptors (Lipinski definition) is 2. The molecule has 0 aromatic carbocycles. The highest BCUT2D eigenvalue weighted by Gasteiger charge is 2.45. The largest absolute Gasteiger partial charge is 0.373 e. The van der Waals surface area contributed by atoms with Crippen molar-refractivity contribution >= 4 is 12.0 Å². The van der Waals surface area contributed by atoms with E-state index in [0.29, 0.717) is 0 Å². The van der Waals surface area contributed by atoms with Gasteiger partial charge in [-0.25, -0.2) is 4.68 Å². The molecule has 1 aliphatic carbocycles. The third-order valence-electron chi connectivity index (χ3n) is 3.72. The summed E-state index contributed by atoms with van der Waals surface area (Å²) in [6, 6.07) is 2.25. The average molecular weight is 233 g/mol. The highest BCUT2D eigenvalue weighted by molar-refractivity contribution is 5.58. The first-order valence-electron chi connectivity index (χ1n) is 6.27. The van der Waals surface area contributed by atoms with Gasteiger partial charge in [-0.05, 0) is 30.4 Å². The van der Waals surface area contributed by atoms with Gasteiger partial charge in [0.2, 0.25) is 0 Å². The van der Waals surface area contributed by atoms with Crippen molar-refractivity contribution in [3.8, 4) is 0 Å². The molecule has 1 aromatic rings. The molecule has 0 atom stereocenters. The lowest BCUT2D eigenvalue weighted by molar-refractivity contribution is 0.392. The number of anilines is 1. The Morgan fingerprint density at radius 3 is 2.47 bits per heavy atom. The fourth-order valence-electron chi connectivity index (χ4n) is 3.37. The van der Waals surface area contributed by atoms with E-state index in [-0.39, 0.29) is 10.8 Å².